The second-order valence-electron chi connectivity index (χ2n) is 5.64. The topological polar surface area (TPSA) is 66.0 Å². The van der Waals surface area contributed by atoms with Crippen LogP contribution in [0.15, 0.2) is 46.1 Å². The van der Waals surface area contributed by atoms with Crippen molar-refractivity contribution in [3.8, 4) is 5.75 Å². The number of aliphatic imine (C=N–C) groups is 1. The summed E-state index contributed by atoms with van der Waals surface area (Å²) in [7, 11) is 1.75. The van der Waals surface area contributed by atoms with Crippen LogP contribution in [0.1, 0.15) is 12.0 Å². The molecule has 132 valence electrons. The van der Waals surface area contributed by atoms with Gasteiger partial charge in [-0.05, 0) is 40.9 Å². The molecule has 2 aromatic rings. The number of ether oxygens (including phenoxy) is 1. The number of anilines is 1. The van der Waals surface area contributed by atoms with Gasteiger partial charge in [-0.3, -0.25) is 9.79 Å². The highest BCUT2D eigenvalue weighted by Gasteiger charge is 2.24. The summed E-state index contributed by atoms with van der Waals surface area (Å²) in [5.74, 6) is 1.53. The number of benzene rings is 1. The Morgan fingerprint density at radius 2 is 2.20 bits per heavy atom. The predicted molar refractivity (Wildman–Crippen MR) is 101 cm³/mol. The van der Waals surface area contributed by atoms with E-state index >= 15 is 0 Å². The summed E-state index contributed by atoms with van der Waals surface area (Å²) in [5.41, 5.74) is 2.09. The van der Waals surface area contributed by atoms with Crippen LogP contribution in [0.2, 0.25) is 0 Å². The fourth-order valence-corrected chi connectivity index (χ4v) is 3.31. The minimum absolute atomic E-state index is 0.00124. The van der Waals surface area contributed by atoms with Crippen LogP contribution in [0.25, 0.3) is 0 Å². The van der Waals surface area contributed by atoms with Gasteiger partial charge in [-0.15, -0.1) is 0 Å². The summed E-state index contributed by atoms with van der Waals surface area (Å²) in [5, 5.41) is 10.7. The van der Waals surface area contributed by atoms with Crippen LogP contribution in [0.5, 0.6) is 5.75 Å². The Hall–Kier alpha value is -2.54. The molecule has 25 heavy (non-hydrogen) atoms. The molecule has 1 aromatic carbocycles. The van der Waals surface area contributed by atoms with Crippen molar-refractivity contribution in [1.29, 1.82) is 0 Å². The van der Waals surface area contributed by atoms with Crippen molar-refractivity contribution in [2.75, 3.05) is 31.6 Å². The van der Waals surface area contributed by atoms with Crippen molar-refractivity contribution in [2.24, 2.45) is 4.99 Å². The van der Waals surface area contributed by atoms with E-state index in [0.29, 0.717) is 6.54 Å². The van der Waals surface area contributed by atoms with E-state index in [0.717, 1.165) is 36.9 Å². The molecule has 0 bridgehead atoms. The van der Waals surface area contributed by atoms with Gasteiger partial charge in [0.15, 0.2) is 12.6 Å². The number of rotatable bonds is 6. The largest absolute Gasteiger partial charge is 0.482 e. The van der Waals surface area contributed by atoms with Gasteiger partial charge >= 0.3 is 0 Å². The zero-order valence-corrected chi connectivity index (χ0v) is 15.0. The molecular formula is C18H22N4O2S. The number of para-hydroxylation sites is 2. The molecule has 3 rings (SSSR count). The molecule has 6 nitrogen and oxygen atoms in total. The number of thiophene rings is 1. The normalized spacial score (nSPS) is 14.0. The molecule has 0 atom stereocenters. The highest BCUT2D eigenvalue weighted by molar-refractivity contribution is 7.07. The van der Waals surface area contributed by atoms with Crippen LogP contribution >= 0.6 is 11.3 Å². The van der Waals surface area contributed by atoms with Crippen LogP contribution in [-0.4, -0.2) is 38.6 Å². The number of carbonyl (C=O) groups is 1. The fourth-order valence-electron chi connectivity index (χ4n) is 2.64. The summed E-state index contributed by atoms with van der Waals surface area (Å²) in [4.78, 5) is 18.1. The third-order valence-corrected chi connectivity index (χ3v) is 4.65. The molecule has 2 N–H and O–H groups in total. The smallest absolute Gasteiger partial charge is 0.265 e. The molecule has 0 radical (unpaired) electrons. The van der Waals surface area contributed by atoms with Crippen LogP contribution in [0.3, 0.4) is 0 Å². The van der Waals surface area contributed by atoms with Gasteiger partial charge in [-0.2, -0.15) is 11.3 Å². The van der Waals surface area contributed by atoms with E-state index in [1.54, 1.807) is 23.3 Å². The maximum absolute atomic E-state index is 12.1. The monoisotopic (exact) mass is 358 g/mol. The summed E-state index contributed by atoms with van der Waals surface area (Å²) in [6.45, 7) is 2.23. The van der Waals surface area contributed by atoms with E-state index in [9.17, 15) is 4.79 Å². The van der Waals surface area contributed by atoms with Crippen molar-refractivity contribution in [3.63, 3.8) is 0 Å². The molecule has 0 aliphatic carbocycles. The number of amides is 1. The first kappa shape index (κ1) is 17.3. The van der Waals surface area contributed by atoms with Crippen LogP contribution in [-0.2, 0) is 11.3 Å². The lowest BCUT2D eigenvalue weighted by Gasteiger charge is -2.29. The van der Waals surface area contributed by atoms with Gasteiger partial charge in [-0.25, -0.2) is 0 Å². The first-order valence-electron chi connectivity index (χ1n) is 8.25. The Labute approximate surface area is 151 Å². The fraction of sp³-hybridized carbons (Fsp3) is 0.333. The predicted octanol–water partition coefficient (Wildman–Crippen LogP) is 2.23. The Balaban J connectivity index is 1.45. The molecule has 1 aromatic heterocycles. The molecule has 0 fully saturated rings. The highest BCUT2D eigenvalue weighted by atomic mass is 32.1. The summed E-state index contributed by atoms with van der Waals surface area (Å²) < 4.78 is 5.46. The number of nitrogens with zero attached hydrogens (tertiary/aromatic N) is 2. The summed E-state index contributed by atoms with van der Waals surface area (Å²) in [6, 6.07) is 9.73. The van der Waals surface area contributed by atoms with Gasteiger partial charge in [0.2, 0.25) is 0 Å². The van der Waals surface area contributed by atoms with Gasteiger partial charge < -0.3 is 20.3 Å². The van der Waals surface area contributed by atoms with E-state index < -0.39 is 0 Å². The maximum atomic E-state index is 12.1. The number of hydrogen-bond donors (Lipinski definition) is 2. The van der Waals surface area contributed by atoms with Crippen molar-refractivity contribution in [1.82, 2.24) is 10.6 Å². The zero-order chi connectivity index (χ0) is 17.5. The highest BCUT2D eigenvalue weighted by Crippen LogP contribution is 2.31. The van der Waals surface area contributed by atoms with E-state index in [1.165, 1.54) is 5.56 Å². The molecule has 1 aliphatic heterocycles. The van der Waals surface area contributed by atoms with Crippen molar-refractivity contribution in [2.45, 2.75) is 13.0 Å². The van der Waals surface area contributed by atoms with Crippen LogP contribution < -0.4 is 20.3 Å². The number of fused-ring (bicyclic) bond motifs is 1. The molecule has 7 heteroatoms. The minimum atomic E-state index is -0.00124. The lowest BCUT2D eigenvalue weighted by Crippen LogP contribution is -2.41. The third-order valence-electron chi connectivity index (χ3n) is 3.92. The van der Waals surface area contributed by atoms with Gasteiger partial charge in [0.25, 0.3) is 5.91 Å². The lowest BCUT2D eigenvalue weighted by molar-refractivity contribution is -0.121. The van der Waals surface area contributed by atoms with Gasteiger partial charge in [0, 0.05) is 26.7 Å². The first-order chi connectivity index (χ1) is 12.3. The number of nitrogens with one attached hydrogen (secondary N) is 2. The number of carbonyl (C=O) groups excluding carboxylic acids is 1. The maximum Gasteiger partial charge on any atom is 0.265 e. The zero-order valence-electron chi connectivity index (χ0n) is 14.2. The Kier molecular flexibility index (Phi) is 5.90. The molecule has 0 saturated carbocycles. The summed E-state index contributed by atoms with van der Waals surface area (Å²) in [6.07, 6.45) is 0.819. The van der Waals surface area contributed by atoms with Gasteiger partial charge in [-0.1, -0.05) is 12.1 Å². The Morgan fingerprint density at radius 3 is 3.00 bits per heavy atom. The van der Waals surface area contributed by atoms with E-state index in [4.69, 9.17) is 4.74 Å². The quantitative estimate of drug-likeness (QED) is 0.472. The molecule has 0 saturated heterocycles. The Morgan fingerprint density at radius 1 is 1.32 bits per heavy atom. The van der Waals surface area contributed by atoms with Crippen molar-refractivity contribution in [3.05, 3.63) is 46.7 Å². The van der Waals surface area contributed by atoms with Gasteiger partial charge in [0.1, 0.15) is 5.75 Å². The molecular weight excluding hydrogens is 336 g/mol. The second kappa shape index (κ2) is 8.53. The average Bonchev–Trinajstić information content (AvgIpc) is 3.16. The van der Waals surface area contributed by atoms with E-state index in [-0.39, 0.29) is 12.5 Å². The Bertz CT molecular complexity index is 730. The lowest BCUT2D eigenvalue weighted by atomic mass is 10.2. The van der Waals surface area contributed by atoms with Crippen molar-refractivity contribution < 1.29 is 9.53 Å². The molecule has 0 spiro atoms. The first-order valence-corrected chi connectivity index (χ1v) is 9.20. The van der Waals surface area contributed by atoms with Crippen molar-refractivity contribution >= 4 is 28.9 Å². The summed E-state index contributed by atoms with van der Waals surface area (Å²) >= 11 is 1.68. The minimum Gasteiger partial charge on any atom is -0.482 e. The average molecular weight is 358 g/mol. The van der Waals surface area contributed by atoms with Crippen LogP contribution in [0.4, 0.5) is 5.69 Å². The molecule has 1 aliphatic rings. The molecule has 2 heterocycles. The molecule has 1 amide bonds. The number of hydrogen-bond acceptors (Lipinski definition) is 4. The van der Waals surface area contributed by atoms with E-state index in [1.807, 2.05) is 24.3 Å². The standard InChI is InChI=1S/C18H22N4O2S/c1-19-18(21-11-14-7-10-25-13-14)20-8-4-9-22-15-5-2-3-6-16(15)24-12-17(22)23/h2-3,5-7,10,13H,4,8-9,11-12H2,1H3,(H2,19,20,21). The number of guanidine groups is 1. The van der Waals surface area contributed by atoms with Crippen LogP contribution in [0, 0.1) is 0 Å². The molecule has 0 unspecified atom stereocenters. The third kappa shape index (κ3) is 4.51. The second-order valence-corrected chi connectivity index (χ2v) is 6.42. The SMILES string of the molecule is CN=C(NCCCN1C(=O)COc2ccccc21)NCc1ccsc1. The van der Waals surface area contributed by atoms with E-state index in [2.05, 4.69) is 32.5 Å². The van der Waals surface area contributed by atoms with Gasteiger partial charge in [0.05, 0.1) is 5.69 Å².